The number of amides is 3. The fourth-order valence-electron chi connectivity index (χ4n) is 7.21. The first-order valence-electron chi connectivity index (χ1n) is 15.8. The number of pyridine rings is 1. The molecule has 252 valence electrons. The van der Waals surface area contributed by atoms with Crippen LogP contribution in [0.5, 0.6) is 11.8 Å². The van der Waals surface area contributed by atoms with Gasteiger partial charge in [-0.25, -0.2) is 22.4 Å². The van der Waals surface area contributed by atoms with Gasteiger partial charge in [0.1, 0.15) is 41.1 Å². The normalized spacial score (nSPS) is 23.7. The van der Waals surface area contributed by atoms with Crippen LogP contribution in [0.15, 0.2) is 30.5 Å². The smallest absolute Gasteiger partial charge is 0.322 e. The number of phenolic OH excluding ortho intramolecular Hbond substituents is 1. The van der Waals surface area contributed by atoms with Crippen LogP contribution in [-0.4, -0.2) is 86.9 Å². The van der Waals surface area contributed by atoms with E-state index < -0.39 is 52.3 Å². The molecule has 3 amide bonds. The number of urea groups is 1. The van der Waals surface area contributed by atoms with Crippen LogP contribution in [0, 0.1) is 17.5 Å². The summed E-state index contributed by atoms with van der Waals surface area (Å²) in [6.45, 7) is 4.80. The second-order valence-corrected chi connectivity index (χ2v) is 13.1. The lowest BCUT2D eigenvalue weighted by molar-refractivity contribution is -0.124. The molecule has 1 spiro atoms. The molecular weight excluding hydrogens is 634 g/mol. The van der Waals surface area contributed by atoms with Crippen LogP contribution >= 0.6 is 0 Å². The van der Waals surface area contributed by atoms with Gasteiger partial charge in [-0.2, -0.15) is 9.97 Å². The maximum atomic E-state index is 16.7. The number of halogens is 4. The van der Waals surface area contributed by atoms with Crippen molar-refractivity contribution < 1.29 is 37.0 Å². The molecule has 48 heavy (non-hydrogen) atoms. The maximum absolute atomic E-state index is 16.7. The van der Waals surface area contributed by atoms with Crippen molar-refractivity contribution in [2.75, 3.05) is 37.7 Å². The SMILES string of the molecule is C[C@@H](F)CN1CCC[C@]1(C)COc1nc(N2CCCC3(C2)NC(=O)NC3=O)c2cnc(-c3cc(O)cc4ccc(F)c(F)c34)c(F)c2n1. The Morgan fingerprint density at radius 2 is 1.88 bits per heavy atom. The number of carbonyl (C=O) groups is 2. The highest BCUT2D eigenvalue weighted by atomic mass is 19.2. The molecule has 3 atom stereocenters. The zero-order valence-corrected chi connectivity index (χ0v) is 26.2. The molecule has 3 N–H and O–H groups in total. The summed E-state index contributed by atoms with van der Waals surface area (Å²) in [7, 11) is 0. The van der Waals surface area contributed by atoms with Gasteiger partial charge in [0.25, 0.3) is 5.91 Å². The topological polar surface area (TPSA) is 133 Å². The van der Waals surface area contributed by atoms with E-state index in [2.05, 4.69) is 25.6 Å². The molecule has 0 radical (unpaired) electrons. The third kappa shape index (κ3) is 5.39. The summed E-state index contributed by atoms with van der Waals surface area (Å²) in [5, 5.41) is 15.4. The zero-order chi connectivity index (χ0) is 34.0. The first-order chi connectivity index (χ1) is 22.9. The van der Waals surface area contributed by atoms with Crippen molar-refractivity contribution in [2.24, 2.45) is 0 Å². The molecule has 0 aliphatic carbocycles. The number of nitrogens with zero attached hydrogens (tertiary/aromatic N) is 5. The lowest BCUT2D eigenvalue weighted by atomic mass is 9.89. The van der Waals surface area contributed by atoms with Crippen LogP contribution in [0.25, 0.3) is 32.9 Å². The molecule has 0 saturated carbocycles. The number of hydrogen-bond donors (Lipinski definition) is 3. The van der Waals surface area contributed by atoms with Gasteiger partial charge in [-0.05, 0) is 69.7 Å². The molecule has 4 aromatic rings. The average molecular weight is 668 g/mol. The van der Waals surface area contributed by atoms with Gasteiger partial charge in [-0.3, -0.25) is 20.0 Å². The van der Waals surface area contributed by atoms with E-state index >= 15 is 8.78 Å². The first-order valence-corrected chi connectivity index (χ1v) is 15.8. The Morgan fingerprint density at radius 1 is 1.08 bits per heavy atom. The largest absolute Gasteiger partial charge is 0.508 e. The van der Waals surface area contributed by atoms with Crippen LogP contribution in [0.2, 0.25) is 0 Å². The lowest BCUT2D eigenvalue weighted by Gasteiger charge is -2.39. The molecule has 3 aliphatic rings. The van der Waals surface area contributed by atoms with Crippen molar-refractivity contribution in [3.05, 3.63) is 47.9 Å². The van der Waals surface area contributed by atoms with Gasteiger partial charge < -0.3 is 20.1 Å². The minimum atomic E-state index is -1.23. The molecule has 2 aromatic heterocycles. The van der Waals surface area contributed by atoms with Gasteiger partial charge in [0.15, 0.2) is 17.5 Å². The highest BCUT2D eigenvalue weighted by molar-refractivity contribution is 6.08. The van der Waals surface area contributed by atoms with E-state index in [-0.39, 0.29) is 64.5 Å². The Hall–Kier alpha value is -4.79. The first kappa shape index (κ1) is 31.8. The van der Waals surface area contributed by atoms with Crippen LogP contribution in [-0.2, 0) is 4.79 Å². The molecule has 1 unspecified atom stereocenters. The third-order valence-corrected chi connectivity index (χ3v) is 9.59. The van der Waals surface area contributed by atoms with Crippen molar-refractivity contribution in [3.63, 3.8) is 0 Å². The summed E-state index contributed by atoms with van der Waals surface area (Å²) in [6.07, 6.45) is 2.64. The lowest BCUT2D eigenvalue weighted by Crippen LogP contribution is -2.58. The number of anilines is 1. The number of phenols is 1. The summed E-state index contributed by atoms with van der Waals surface area (Å²) >= 11 is 0. The second kappa shape index (κ2) is 11.7. The fourth-order valence-corrected chi connectivity index (χ4v) is 7.21. The molecule has 0 bridgehead atoms. The number of ether oxygens (including phenoxy) is 1. The number of aromatic nitrogens is 3. The number of rotatable bonds is 7. The van der Waals surface area contributed by atoms with Crippen molar-refractivity contribution in [3.8, 4) is 23.0 Å². The van der Waals surface area contributed by atoms with E-state index in [9.17, 15) is 23.5 Å². The van der Waals surface area contributed by atoms with Crippen LogP contribution in [0.3, 0.4) is 0 Å². The van der Waals surface area contributed by atoms with Crippen LogP contribution in [0.1, 0.15) is 39.5 Å². The quantitative estimate of drug-likeness (QED) is 0.189. The fraction of sp³-hybridized carbons (Fsp3) is 0.424. The molecule has 3 saturated heterocycles. The van der Waals surface area contributed by atoms with E-state index in [1.165, 1.54) is 25.3 Å². The van der Waals surface area contributed by atoms with Gasteiger partial charge in [-0.1, -0.05) is 6.07 Å². The standard InChI is InChI=1S/C33H33F4N7O4/c1-17(34)14-44-10-3-7-32(44,2)16-48-31-39-27-21(28(40-31)43-9-4-8-33(15-43)29(46)41-30(47)42-33)13-38-26(25(27)37)20-12-19(45)11-18-5-6-22(35)24(36)23(18)20/h5-6,11-13,17,45H,3-4,7-10,14-16H2,1-2H3,(H2,41,42,46,47)/t17-,32-,33?/m1/s1. The van der Waals surface area contributed by atoms with Gasteiger partial charge in [0.2, 0.25) is 0 Å². The Labute approximate surface area is 272 Å². The molecule has 3 fully saturated rings. The molecule has 7 rings (SSSR count). The highest BCUT2D eigenvalue weighted by Crippen LogP contribution is 2.39. The van der Waals surface area contributed by atoms with Gasteiger partial charge in [0, 0.05) is 30.2 Å². The van der Waals surface area contributed by atoms with Crippen molar-refractivity contribution in [1.29, 1.82) is 0 Å². The monoisotopic (exact) mass is 667 g/mol. The number of imide groups is 1. The Kier molecular flexibility index (Phi) is 7.76. The molecule has 2 aromatic carbocycles. The summed E-state index contributed by atoms with van der Waals surface area (Å²) in [6, 6.07) is 3.68. The number of nitrogens with one attached hydrogen (secondary N) is 2. The summed E-state index contributed by atoms with van der Waals surface area (Å²) in [4.78, 5) is 42.0. The molecular formula is C33H33F4N7O4. The predicted octanol–water partition coefficient (Wildman–Crippen LogP) is 4.74. The van der Waals surface area contributed by atoms with E-state index in [4.69, 9.17) is 4.74 Å². The Balaban J connectivity index is 1.36. The number of aromatic hydroxyl groups is 1. The second-order valence-electron chi connectivity index (χ2n) is 13.1. The van der Waals surface area contributed by atoms with E-state index in [0.29, 0.717) is 25.9 Å². The summed E-state index contributed by atoms with van der Waals surface area (Å²) < 4.78 is 66.3. The van der Waals surface area contributed by atoms with Crippen molar-refractivity contribution in [1.82, 2.24) is 30.5 Å². The highest BCUT2D eigenvalue weighted by Gasteiger charge is 2.49. The number of hydrogen-bond acceptors (Lipinski definition) is 9. The number of carbonyl (C=O) groups excluding carboxylic acids is 2. The number of piperidine rings is 1. The van der Waals surface area contributed by atoms with E-state index in [1.807, 2.05) is 11.8 Å². The molecule has 5 heterocycles. The number of fused-ring (bicyclic) bond motifs is 2. The molecule has 11 nitrogen and oxygen atoms in total. The van der Waals surface area contributed by atoms with E-state index in [0.717, 1.165) is 25.0 Å². The Bertz CT molecular complexity index is 1980. The minimum Gasteiger partial charge on any atom is -0.508 e. The summed E-state index contributed by atoms with van der Waals surface area (Å²) in [5.74, 6) is -4.01. The maximum Gasteiger partial charge on any atom is 0.322 e. The van der Waals surface area contributed by atoms with Gasteiger partial charge >= 0.3 is 12.0 Å². The van der Waals surface area contributed by atoms with Gasteiger partial charge in [0.05, 0.1) is 17.5 Å². The summed E-state index contributed by atoms with van der Waals surface area (Å²) in [5.41, 5.74) is -2.63. The van der Waals surface area contributed by atoms with Crippen molar-refractivity contribution >= 4 is 39.4 Å². The van der Waals surface area contributed by atoms with Crippen LogP contribution < -0.4 is 20.3 Å². The average Bonchev–Trinajstić information content (AvgIpc) is 3.53. The number of benzene rings is 2. The van der Waals surface area contributed by atoms with Gasteiger partial charge in [-0.15, -0.1) is 0 Å². The third-order valence-electron chi connectivity index (χ3n) is 9.59. The molecule has 3 aliphatic heterocycles. The zero-order valence-electron chi connectivity index (χ0n) is 26.2. The number of alkyl halides is 1. The van der Waals surface area contributed by atoms with Crippen molar-refractivity contribution in [2.45, 2.75) is 56.8 Å². The predicted molar refractivity (Wildman–Crippen MR) is 168 cm³/mol. The minimum absolute atomic E-state index is 0.0149. The van der Waals surface area contributed by atoms with Crippen LogP contribution in [0.4, 0.5) is 28.2 Å². The van der Waals surface area contributed by atoms with E-state index in [1.54, 1.807) is 4.90 Å². The molecule has 15 heteroatoms. The number of likely N-dealkylation sites (tertiary alicyclic amines) is 1. The Morgan fingerprint density at radius 3 is 2.62 bits per heavy atom.